The van der Waals surface area contributed by atoms with E-state index in [9.17, 15) is 45.6 Å². The van der Waals surface area contributed by atoms with Crippen LogP contribution in [0, 0.1) is 0 Å². The molecule has 0 bridgehead atoms. The van der Waals surface area contributed by atoms with E-state index < -0.39 is 86.8 Å². The molecule has 0 aromatic heterocycles. The highest BCUT2D eigenvalue weighted by molar-refractivity contribution is 5.76. The highest BCUT2D eigenvalue weighted by atomic mass is 16.7. The van der Waals surface area contributed by atoms with Gasteiger partial charge in [-0.3, -0.25) is 4.79 Å². The lowest BCUT2D eigenvalue weighted by Gasteiger charge is -2.46. The van der Waals surface area contributed by atoms with Crippen LogP contribution in [0.1, 0.15) is 271 Å². The quantitative estimate of drug-likeness (QED) is 0.0204. The van der Waals surface area contributed by atoms with Gasteiger partial charge in [-0.05, 0) is 19.3 Å². The number of hydrogen-bond acceptors (Lipinski definition) is 13. The van der Waals surface area contributed by atoms with E-state index in [2.05, 4.69) is 19.2 Å². The van der Waals surface area contributed by atoms with E-state index in [4.69, 9.17) is 18.9 Å². The number of carbonyl (C=O) groups excluding carboxylic acids is 1. The van der Waals surface area contributed by atoms with Crippen LogP contribution >= 0.6 is 0 Å². The number of aliphatic hydroxyl groups is 8. The molecule has 0 spiro atoms. The van der Waals surface area contributed by atoms with Crippen LogP contribution in [0.15, 0.2) is 12.2 Å². The zero-order chi connectivity index (χ0) is 53.9. The number of ether oxygens (including phenoxy) is 4. The van der Waals surface area contributed by atoms with Crippen molar-refractivity contribution in [3.8, 4) is 0 Å². The van der Waals surface area contributed by atoms with E-state index in [1.54, 1.807) is 6.08 Å². The second kappa shape index (κ2) is 46.6. The zero-order valence-corrected chi connectivity index (χ0v) is 47.1. The predicted octanol–water partition coefficient (Wildman–Crippen LogP) is 10.7. The molecule has 0 aromatic rings. The molecule has 0 aliphatic carbocycles. The van der Waals surface area contributed by atoms with Gasteiger partial charge in [-0.1, -0.05) is 257 Å². The van der Waals surface area contributed by atoms with Gasteiger partial charge >= 0.3 is 0 Å². The SMILES string of the molecule is CCCCCCCCCCCCCCCCCC/C=C/C(O)C(COC1OC(CO)C(OC2OC(CO)C(O)C(O)C2O)C(O)C1O)NC(=O)CCCCCCCCCCCCCCCCCCCCCCCC. The normalized spacial score (nSPS) is 25.2. The summed E-state index contributed by atoms with van der Waals surface area (Å²) < 4.78 is 22.8. The Labute approximate surface area is 450 Å². The topological polar surface area (TPSA) is 228 Å². The zero-order valence-electron chi connectivity index (χ0n) is 47.1. The number of aliphatic hydroxyl groups excluding tert-OH is 8. The maximum Gasteiger partial charge on any atom is 0.220 e. The molecular formula is C60H115NO13. The number of allylic oxidation sites excluding steroid dienone is 1. The number of hydrogen-bond donors (Lipinski definition) is 9. The molecule has 2 saturated heterocycles. The van der Waals surface area contributed by atoms with E-state index in [1.165, 1.54) is 205 Å². The molecule has 12 unspecified atom stereocenters. The van der Waals surface area contributed by atoms with Crippen LogP contribution in [0.4, 0.5) is 0 Å². The molecular weight excluding hydrogens is 943 g/mol. The molecule has 2 aliphatic rings. The molecule has 14 nitrogen and oxygen atoms in total. The van der Waals surface area contributed by atoms with E-state index in [1.807, 2.05) is 6.08 Å². The van der Waals surface area contributed by atoms with E-state index in [0.717, 1.165) is 38.5 Å². The maximum atomic E-state index is 13.3. The van der Waals surface area contributed by atoms with Crippen LogP contribution in [-0.2, 0) is 23.7 Å². The molecule has 0 aromatic carbocycles. The van der Waals surface area contributed by atoms with Crippen LogP contribution in [0.3, 0.4) is 0 Å². The molecule has 0 radical (unpaired) electrons. The first-order valence-corrected chi connectivity index (χ1v) is 30.9. The molecule has 9 N–H and O–H groups in total. The Balaban J connectivity index is 1.74. The van der Waals surface area contributed by atoms with Crippen LogP contribution in [0.2, 0.25) is 0 Å². The summed E-state index contributed by atoms with van der Waals surface area (Å²) in [4.78, 5) is 13.3. The van der Waals surface area contributed by atoms with Gasteiger partial charge in [0.25, 0.3) is 0 Å². The molecule has 2 heterocycles. The fraction of sp³-hybridized carbons (Fsp3) is 0.950. The van der Waals surface area contributed by atoms with Crippen molar-refractivity contribution >= 4 is 5.91 Å². The first kappa shape index (κ1) is 68.8. The monoisotopic (exact) mass is 1060 g/mol. The minimum absolute atomic E-state index is 0.233. The second-order valence-electron chi connectivity index (χ2n) is 22.2. The predicted molar refractivity (Wildman–Crippen MR) is 295 cm³/mol. The van der Waals surface area contributed by atoms with Gasteiger partial charge in [0.05, 0.1) is 32.0 Å². The number of nitrogens with one attached hydrogen (secondary N) is 1. The Morgan fingerprint density at radius 2 is 0.838 bits per heavy atom. The lowest BCUT2D eigenvalue weighted by molar-refractivity contribution is -0.359. The Bertz CT molecular complexity index is 1290. The van der Waals surface area contributed by atoms with Gasteiger partial charge in [0.15, 0.2) is 12.6 Å². The van der Waals surface area contributed by atoms with Gasteiger partial charge in [-0.15, -0.1) is 0 Å². The fourth-order valence-electron chi connectivity index (χ4n) is 10.5. The van der Waals surface area contributed by atoms with Crippen molar-refractivity contribution in [1.82, 2.24) is 5.32 Å². The van der Waals surface area contributed by atoms with Crippen molar-refractivity contribution in [2.75, 3.05) is 19.8 Å². The lowest BCUT2D eigenvalue weighted by Crippen LogP contribution is -2.65. The molecule has 12 atom stereocenters. The molecule has 74 heavy (non-hydrogen) atoms. The van der Waals surface area contributed by atoms with Gasteiger partial charge in [0.2, 0.25) is 5.91 Å². The highest BCUT2D eigenvalue weighted by Crippen LogP contribution is 2.30. The molecule has 2 aliphatic heterocycles. The van der Waals surface area contributed by atoms with Crippen molar-refractivity contribution in [2.45, 2.75) is 344 Å². The fourth-order valence-corrected chi connectivity index (χ4v) is 10.5. The third-order valence-corrected chi connectivity index (χ3v) is 15.5. The number of rotatable bonds is 50. The third kappa shape index (κ3) is 32.0. The van der Waals surface area contributed by atoms with Gasteiger partial charge in [0.1, 0.15) is 48.8 Å². The van der Waals surface area contributed by atoms with Gasteiger partial charge < -0.3 is 65.1 Å². The standard InChI is InChI=1S/C60H115NO13/c1-3-5-7-9-11-13-15-17-19-21-23-24-25-26-28-30-32-34-36-38-40-42-44-52(65)61-48(49(64)43-41-39-37-35-33-31-29-27-22-20-18-16-14-12-10-8-6-4-2)47-71-59-57(70)55(68)58(51(46-63)73-59)74-60-56(69)54(67)53(66)50(45-62)72-60/h41,43,48-51,53-60,62-64,66-70H,3-40,42,44-47H2,1-2H3,(H,61,65)/b43-41+. The first-order valence-electron chi connectivity index (χ1n) is 30.9. The van der Waals surface area contributed by atoms with Crippen LogP contribution in [-0.4, -0.2) is 140 Å². The van der Waals surface area contributed by atoms with E-state index in [0.29, 0.717) is 6.42 Å². The summed E-state index contributed by atoms with van der Waals surface area (Å²) in [5, 5.41) is 87.1. The van der Waals surface area contributed by atoms with Gasteiger partial charge in [-0.25, -0.2) is 0 Å². The summed E-state index contributed by atoms with van der Waals surface area (Å²) in [5.41, 5.74) is 0. The number of amides is 1. The first-order chi connectivity index (χ1) is 36.1. The molecule has 2 rings (SSSR count). The van der Waals surface area contributed by atoms with Crippen molar-refractivity contribution in [2.24, 2.45) is 0 Å². The van der Waals surface area contributed by atoms with Crippen molar-refractivity contribution in [3.63, 3.8) is 0 Å². The second-order valence-corrected chi connectivity index (χ2v) is 22.2. The van der Waals surface area contributed by atoms with Gasteiger partial charge in [0, 0.05) is 6.42 Å². The Morgan fingerprint density at radius 1 is 0.473 bits per heavy atom. The van der Waals surface area contributed by atoms with Crippen molar-refractivity contribution in [1.29, 1.82) is 0 Å². The summed E-state index contributed by atoms with van der Waals surface area (Å²) >= 11 is 0. The lowest BCUT2D eigenvalue weighted by atomic mass is 9.97. The van der Waals surface area contributed by atoms with Crippen molar-refractivity contribution < 1.29 is 64.6 Å². The van der Waals surface area contributed by atoms with Crippen molar-refractivity contribution in [3.05, 3.63) is 12.2 Å². The summed E-state index contributed by atoms with van der Waals surface area (Å²) in [5.74, 6) is -0.233. The van der Waals surface area contributed by atoms with Gasteiger partial charge in [-0.2, -0.15) is 0 Å². The summed E-state index contributed by atoms with van der Waals surface area (Å²) in [6.07, 6.45) is 36.8. The average Bonchev–Trinajstić information content (AvgIpc) is 3.40. The Hall–Kier alpha value is -1.27. The largest absolute Gasteiger partial charge is 0.394 e. The minimum Gasteiger partial charge on any atom is -0.394 e. The molecule has 2 fully saturated rings. The van der Waals surface area contributed by atoms with Crippen LogP contribution in [0.25, 0.3) is 0 Å². The maximum absolute atomic E-state index is 13.3. The highest BCUT2D eigenvalue weighted by Gasteiger charge is 2.51. The molecule has 0 saturated carbocycles. The summed E-state index contributed by atoms with van der Waals surface area (Å²) in [6, 6.07) is -0.909. The minimum atomic E-state index is -1.79. The van der Waals surface area contributed by atoms with E-state index in [-0.39, 0.29) is 18.9 Å². The molecule has 1 amide bonds. The smallest absolute Gasteiger partial charge is 0.220 e. The molecule has 14 heteroatoms. The third-order valence-electron chi connectivity index (χ3n) is 15.5. The summed E-state index contributed by atoms with van der Waals surface area (Å²) in [7, 11) is 0. The number of carbonyl (C=O) groups is 1. The van der Waals surface area contributed by atoms with Crippen LogP contribution in [0.5, 0.6) is 0 Å². The Kier molecular flexibility index (Phi) is 43.4. The molecule has 438 valence electrons. The van der Waals surface area contributed by atoms with Crippen LogP contribution < -0.4 is 5.32 Å². The number of unbranched alkanes of at least 4 members (excludes halogenated alkanes) is 37. The van der Waals surface area contributed by atoms with E-state index >= 15 is 0 Å². The Morgan fingerprint density at radius 3 is 1.24 bits per heavy atom. The average molecular weight is 1060 g/mol. The summed E-state index contributed by atoms with van der Waals surface area (Å²) in [6.45, 7) is 2.84.